The van der Waals surface area contributed by atoms with Gasteiger partial charge in [-0.3, -0.25) is 9.89 Å². The first-order valence-electron chi connectivity index (χ1n) is 9.47. The zero-order valence-corrected chi connectivity index (χ0v) is 16.5. The van der Waals surface area contributed by atoms with Crippen molar-refractivity contribution in [2.24, 2.45) is 10.9 Å². The molecule has 1 aliphatic rings. The fourth-order valence-electron chi connectivity index (χ4n) is 3.02. The SMILES string of the molecule is CCOc1ncccc1CNC(=NC)NCC1CN(CC(C)C)CCO1. The van der Waals surface area contributed by atoms with Crippen molar-refractivity contribution in [1.82, 2.24) is 20.5 Å². The van der Waals surface area contributed by atoms with Gasteiger partial charge in [-0.05, 0) is 18.9 Å². The van der Waals surface area contributed by atoms with E-state index in [1.54, 1.807) is 13.2 Å². The highest BCUT2D eigenvalue weighted by molar-refractivity contribution is 5.79. The van der Waals surface area contributed by atoms with Crippen LogP contribution in [0, 0.1) is 5.92 Å². The van der Waals surface area contributed by atoms with Crippen molar-refractivity contribution in [3.63, 3.8) is 0 Å². The van der Waals surface area contributed by atoms with Crippen LogP contribution in [-0.4, -0.2) is 68.4 Å². The molecule has 1 fully saturated rings. The second-order valence-electron chi connectivity index (χ2n) is 6.85. The van der Waals surface area contributed by atoms with Crippen LogP contribution in [0.5, 0.6) is 5.88 Å². The van der Waals surface area contributed by atoms with E-state index in [-0.39, 0.29) is 6.10 Å². The first-order chi connectivity index (χ1) is 12.6. The molecule has 26 heavy (non-hydrogen) atoms. The van der Waals surface area contributed by atoms with Crippen molar-refractivity contribution in [3.05, 3.63) is 23.9 Å². The molecule has 0 aliphatic carbocycles. The number of hydrogen-bond acceptors (Lipinski definition) is 5. The molecule has 0 radical (unpaired) electrons. The van der Waals surface area contributed by atoms with Crippen molar-refractivity contribution >= 4 is 5.96 Å². The quantitative estimate of drug-likeness (QED) is 0.539. The number of pyridine rings is 1. The molecule has 1 aliphatic heterocycles. The second kappa shape index (κ2) is 11.0. The van der Waals surface area contributed by atoms with Crippen LogP contribution in [0.1, 0.15) is 26.3 Å². The number of ether oxygens (including phenoxy) is 2. The highest BCUT2D eigenvalue weighted by atomic mass is 16.5. The number of morpholine rings is 1. The van der Waals surface area contributed by atoms with Crippen LogP contribution in [0.4, 0.5) is 0 Å². The van der Waals surface area contributed by atoms with Gasteiger partial charge in [0.25, 0.3) is 0 Å². The van der Waals surface area contributed by atoms with Gasteiger partial charge in [0, 0.05) is 51.5 Å². The third kappa shape index (κ3) is 6.80. The summed E-state index contributed by atoms with van der Waals surface area (Å²) in [6, 6.07) is 3.92. The molecular weight excluding hydrogens is 330 g/mol. The molecule has 7 nitrogen and oxygen atoms in total. The highest BCUT2D eigenvalue weighted by Crippen LogP contribution is 2.13. The average molecular weight is 364 g/mol. The first-order valence-corrected chi connectivity index (χ1v) is 9.47. The predicted octanol–water partition coefficient (Wildman–Crippen LogP) is 1.50. The van der Waals surface area contributed by atoms with Gasteiger partial charge < -0.3 is 20.1 Å². The minimum atomic E-state index is 0.179. The van der Waals surface area contributed by atoms with Gasteiger partial charge in [-0.2, -0.15) is 0 Å². The maximum Gasteiger partial charge on any atom is 0.218 e. The summed E-state index contributed by atoms with van der Waals surface area (Å²) in [6.07, 6.45) is 1.92. The van der Waals surface area contributed by atoms with E-state index in [9.17, 15) is 0 Å². The lowest BCUT2D eigenvalue weighted by Gasteiger charge is -2.34. The Hall–Kier alpha value is -1.86. The number of nitrogens with zero attached hydrogens (tertiary/aromatic N) is 3. The highest BCUT2D eigenvalue weighted by Gasteiger charge is 2.21. The van der Waals surface area contributed by atoms with Gasteiger partial charge in [0.05, 0.1) is 19.3 Å². The van der Waals surface area contributed by atoms with Crippen molar-refractivity contribution in [2.75, 3.05) is 46.4 Å². The largest absolute Gasteiger partial charge is 0.478 e. The van der Waals surface area contributed by atoms with Gasteiger partial charge in [0.2, 0.25) is 5.88 Å². The van der Waals surface area contributed by atoms with Crippen molar-refractivity contribution < 1.29 is 9.47 Å². The van der Waals surface area contributed by atoms with E-state index in [1.165, 1.54) is 0 Å². The molecule has 7 heteroatoms. The molecule has 2 rings (SSSR count). The Morgan fingerprint density at radius 1 is 1.46 bits per heavy atom. The molecule has 0 spiro atoms. The molecule has 0 amide bonds. The molecule has 1 aromatic heterocycles. The molecule has 2 N–H and O–H groups in total. The summed E-state index contributed by atoms with van der Waals surface area (Å²) in [6.45, 7) is 12.3. The normalized spacial score (nSPS) is 18.8. The molecule has 0 aromatic carbocycles. The number of guanidine groups is 1. The maximum atomic E-state index is 5.88. The van der Waals surface area contributed by atoms with Crippen LogP contribution >= 0.6 is 0 Å². The third-order valence-electron chi connectivity index (χ3n) is 4.14. The number of aromatic nitrogens is 1. The van der Waals surface area contributed by atoms with Crippen LogP contribution in [0.25, 0.3) is 0 Å². The van der Waals surface area contributed by atoms with Gasteiger partial charge >= 0.3 is 0 Å². The van der Waals surface area contributed by atoms with Crippen molar-refractivity contribution in [3.8, 4) is 5.88 Å². The van der Waals surface area contributed by atoms with Crippen LogP contribution in [-0.2, 0) is 11.3 Å². The van der Waals surface area contributed by atoms with Gasteiger partial charge in [0.1, 0.15) is 0 Å². The summed E-state index contributed by atoms with van der Waals surface area (Å²) < 4.78 is 11.4. The monoisotopic (exact) mass is 363 g/mol. The molecule has 1 saturated heterocycles. The Morgan fingerprint density at radius 2 is 2.31 bits per heavy atom. The van der Waals surface area contributed by atoms with Gasteiger partial charge in [0.15, 0.2) is 5.96 Å². The Kier molecular flexibility index (Phi) is 8.64. The summed E-state index contributed by atoms with van der Waals surface area (Å²) in [7, 11) is 1.77. The second-order valence-corrected chi connectivity index (χ2v) is 6.85. The Labute approximate surface area is 157 Å². The van der Waals surface area contributed by atoms with Crippen molar-refractivity contribution in [1.29, 1.82) is 0 Å². The fraction of sp³-hybridized carbons (Fsp3) is 0.684. The summed E-state index contributed by atoms with van der Waals surface area (Å²) in [5.74, 6) is 2.09. The van der Waals surface area contributed by atoms with E-state index in [0.29, 0.717) is 24.9 Å². The summed E-state index contributed by atoms with van der Waals surface area (Å²) in [5, 5.41) is 6.68. The van der Waals surface area contributed by atoms with Gasteiger partial charge in [-0.1, -0.05) is 19.9 Å². The Balaban J connectivity index is 1.79. The van der Waals surface area contributed by atoms with E-state index < -0.39 is 0 Å². The lowest BCUT2D eigenvalue weighted by Crippen LogP contribution is -2.50. The summed E-state index contributed by atoms with van der Waals surface area (Å²) >= 11 is 0. The summed E-state index contributed by atoms with van der Waals surface area (Å²) in [5.41, 5.74) is 1.01. The molecule has 1 atom stereocenters. The fourth-order valence-corrected chi connectivity index (χ4v) is 3.02. The van der Waals surface area contributed by atoms with E-state index in [0.717, 1.165) is 44.3 Å². The Morgan fingerprint density at radius 3 is 3.04 bits per heavy atom. The number of aliphatic imine (C=N–C) groups is 1. The minimum Gasteiger partial charge on any atom is -0.478 e. The first kappa shape index (κ1) is 20.5. The van der Waals surface area contributed by atoms with Crippen LogP contribution < -0.4 is 15.4 Å². The van der Waals surface area contributed by atoms with Crippen molar-refractivity contribution in [2.45, 2.75) is 33.4 Å². The topological polar surface area (TPSA) is 71.0 Å². The van der Waals surface area contributed by atoms with Gasteiger partial charge in [-0.15, -0.1) is 0 Å². The molecular formula is C19H33N5O2. The third-order valence-corrected chi connectivity index (χ3v) is 4.14. The maximum absolute atomic E-state index is 5.88. The van der Waals surface area contributed by atoms with Crippen LogP contribution in [0.15, 0.2) is 23.3 Å². The Bertz CT molecular complexity index is 565. The van der Waals surface area contributed by atoms with Gasteiger partial charge in [-0.25, -0.2) is 4.98 Å². The van der Waals surface area contributed by atoms with E-state index in [2.05, 4.69) is 39.4 Å². The molecule has 1 unspecified atom stereocenters. The molecule has 0 saturated carbocycles. The lowest BCUT2D eigenvalue weighted by molar-refractivity contribution is -0.0284. The molecule has 0 bridgehead atoms. The molecule has 146 valence electrons. The zero-order chi connectivity index (χ0) is 18.8. The number of nitrogens with one attached hydrogen (secondary N) is 2. The van der Waals surface area contributed by atoms with Crippen LogP contribution in [0.3, 0.4) is 0 Å². The van der Waals surface area contributed by atoms with Crippen LogP contribution in [0.2, 0.25) is 0 Å². The molecule has 2 heterocycles. The predicted molar refractivity (Wildman–Crippen MR) is 105 cm³/mol. The zero-order valence-electron chi connectivity index (χ0n) is 16.5. The summed E-state index contributed by atoms with van der Waals surface area (Å²) in [4.78, 5) is 11.0. The lowest BCUT2D eigenvalue weighted by atomic mass is 10.2. The minimum absolute atomic E-state index is 0.179. The van der Waals surface area contributed by atoms with E-state index in [4.69, 9.17) is 9.47 Å². The smallest absolute Gasteiger partial charge is 0.218 e. The van der Waals surface area contributed by atoms with E-state index >= 15 is 0 Å². The number of rotatable bonds is 8. The number of hydrogen-bond donors (Lipinski definition) is 2. The molecule has 1 aromatic rings. The standard InChI is InChI=1S/C19H33N5O2/c1-5-25-18-16(7-6-8-21-18)11-22-19(20-4)23-12-17-14-24(9-10-26-17)13-15(2)3/h6-8,15,17H,5,9-14H2,1-4H3,(H2,20,22,23). The van der Waals surface area contributed by atoms with E-state index in [1.807, 2.05) is 19.1 Å². The average Bonchev–Trinajstić information content (AvgIpc) is 2.63.